The summed E-state index contributed by atoms with van der Waals surface area (Å²) < 4.78 is 12.6. The van der Waals surface area contributed by atoms with Crippen LogP contribution in [0.5, 0.6) is 0 Å². The zero-order valence-electron chi connectivity index (χ0n) is 15.4. The molecule has 1 atom stereocenters. The first kappa shape index (κ1) is 21.1. The Morgan fingerprint density at radius 1 is 0.762 bits per heavy atom. The van der Waals surface area contributed by atoms with Crippen LogP contribution in [0.3, 0.4) is 0 Å². The van der Waals surface area contributed by atoms with Gasteiger partial charge in [-0.25, -0.2) is 0 Å². The summed E-state index contributed by atoms with van der Waals surface area (Å²) >= 11 is 0. The third-order valence-electron chi connectivity index (χ3n) is 4.32. The van der Waals surface area contributed by atoms with Gasteiger partial charge in [0.2, 0.25) is 0 Å². The Kier molecular flexibility index (Phi) is 13.9. The van der Waals surface area contributed by atoms with Crippen LogP contribution >= 0.6 is 0 Å². The number of hydrogen-bond acceptors (Lipinski definition) is 2. The lowest BCUT2D eigenvalue weighted by molar-refractivity contribution is 0.114. The van der Waals surface area contributed by atoms with Crippen molar-refractivity contribution in [3.63, 3.8) is 0 Å². The highest BCUT2D eigenvalue weighted by molar-refractivity contribution is 6.67. The van der Waals surface area contributed by atoms with Gasteiger partial charge in [0.25, 0.3) is 0 Å². The van der Waals surface area contributed by atoms with Crippen molar-refractivity contribution in [1.29, 1.82) is 0 Å². The van der Waals surface area contributed by atoms with Crippen LogP contribution in [0.25, 0.3) is 0 Å². The first-order valence-corrected chi connectivity index (χ1v) is 11.7. The molecule has 1 unspecified atom stereocenters. The molecule has 2 nitrogen and oxygen atoms in total. The molecule has 0 aromatic carbocycles. The van der Waals surface area contributed by atoms with E-state index in [4.69, 9.17) is 8.85 Å². The Hall–Kier alpha value is 0.137. The molecule has 3 heteroatoms. The van der Waals surface area contributed by atoms with Gasteiger partial charge in [0.15, 0.2) is 0 Å². The molecule has 0 aromatic rings. The minimum atomic E-state index is -1.92. The van der Waals surface area contributed by atoms with Gasteiger partial charge in [0.05, 0.1) is 0 Å². The van der Waals surface area contributed by atoms with Crippen molar-refractivity contribution in [3.05, 3.63) is 0 Å². The Balaban J connectivity index is 3.95. The molecule has 0 aliphatic heterocycles. The summed E-state index contributed by atoms with van der Waals surface area (Å²) in [7, 11) is -1.92. The SMILES string of the molecule is CCCCCCCCC(C)O[Si](CC)(CC)OCCCC. The molecule has 0 N–H and O–H groups in total. The van der Waals surface area contributed by atoms with E-state index in [1.54, 1.807) is 0 Å². The minimum absolute atomic E-state index is 0.365. The predicted molar refractivity (Wildman–Crippen MR) is 96.1 cm³/mol. The van der Waals surface area contributed by atoms with E-state index in [0.717, 1.165) is 25.1 Å². The Morgan fingerprint density at radius 2 is 1.33 bits per heavy atom. The molecule has 0 saturated carbocycles. The van der Waals surface area contributed by atoms with Gasteiger partial charge >= 0.3 is 8.56 Å². The molecule has 0 radical (unpaired) electrons. The highest BCUT2D eigenvalue weighted by Gasteiger charge is 2.35. The van der Waals surface area contributed by atoms with E-state index in [9.17, 15) is 0 Å². The molecule has 21 heavy (non-hydrogen) atoms. The fourth-order valence-corrected chi connectivity index (χ4v) is 5.37. The number of hydrogen-bond donors (Lipinski definition) is 0. The molecule has 0 aliphatic carbocycles. The Labute approximate surface area is 135 Å². The van der Waals surface area contributed by atoms with E-state index in [-0.39, 0.29) is 0 Å². The predicted octanol–water partition coefficient (Wildman–Crippen LogP) is 6.44. The third kappa shape index (κ3) is 10.5. The van der Waals surface area contributed by atoms with Crippen LogP contribution in [0.2, 0.25) is 12.1 Å². The molecular weight excluding hydrogens is 276 g/mol. The van der Waals surface area contributed by atoms with E-state index in [1.807, 2.05) is 0 Å². The summed E-state index contributed by atoms with van der Waals surface area (Å²) in [6, 6.07) is 2.15. The fourth-order valence-electron chi connectivity index (χ4n) is 2.70. The molecule has 0 amide bonds. The van der Waals surface area contributed by atoms with Gasteiger partial charge < -0.3 is 8.85 Å². The van der Waals surface area contributed by atoms with Crippen LogP contribution < -0.4 is 0 Å². The number of unbranched alkanes of at least 4 members (excludes halogenated alkanes) is 6. The van der Waals surface area contributed by atoms with Gasteiger partial charge in [-0.3, -0.25) is 0 Å². The first-order chi connectivity index (χ1) is 10.1. The van der Waals surface area contributed by atoms with Crippen LogP contribution in [0.4, 0.5) is 0 Å². The second kappa shape index (κ2) is 13.8. The van der Waals surface area contributed by atoms with Gasteiger partial charge in [0.1, 0.15) is 0 Å². The topological polar surface area (TPSA) is 18.5 Å². The van der Waals surface area contributed by atoms with Crippen molar-refractivity contribution in [1.82, 2.24) is 0 Å². The zero-order valence-corrected chi connectivity index (χ0v) is 16.4. The molecule has 0 bridgehead atoms. The van der Waals surface area contributed by atoms with Crippen LogP contribution in [0.1, 0.15) is 92.4 Å². The summed E-state index contributed by atoms with van der Waals surface area (Å²) in [6.07, 6.45) is 12.1. The Morgan fingerprint density at radius 3 is 1.90 bits per heavy atom. The molecule has 0 spiro atoms. The van der Waals surface area contributed by atoms with E-state index in [2.05, 4.69) is 34.6 Å². The van der Waals surface area contributed by atoms with Crippen molar-refractivity contribution in [2.24, 2.45) is 0 Å². The van der Waals surface area contributed by atoms with Crippen molar-refractivity contribution >= 4 is 8.56 Å². The van der Waals surface area contributed by atoms with Gasteiger partial charge in [-0.05, 0) is 31.9 Å². The number of rotatable bonds is 15. The van der Waals surface area contributed by atoms with Crippen molar-refractivity contribution in [2.45, 2.75) is 111 Å². The average Bonchev–Trinajstić information content (AvgIpc) is 2.50. The van der Waals surface area contributed by atoms with Crippen LogP contribution in [0.15, 0.2) is 0 Å². The first-order valence-electron chi connectivity index (χ1n) is 9.45. The summed E-state index contributed by atoms with van der Waals surface area (Å²) in [6.45, 7) is 12.1. The molecule has 0 aliphatic rings. The third-order valence-corrected chi connectivity index (χ3v) is 8.04. The molecule has 0 aromatic heterocycles. The minimum Gasteiger partial charge on any atom is -0.394 e. The zero-order chi connectivity index (χ0) is 16.0. The van der Waals surface area contributed by atoms with Crippen molar-refractivity contribution < 1.29 is 8.85 Å². The maximum Gasteiger partial charge on any atom is 0.337 e. The van der Waals surface area contributed by atoms with Crippen LogP contribution in [-0.2, 0) is 8.85 Å². The molecule has 0 rings (SSSR count). The standard InChI is InChI=1S/C18H40O2Si/c1-6-10-12-13-14-15-16-18(5)20-21(8-3,9-4)19-17-11-7-2/h18H,6-17H2,1-5H3. The largest absolute Gasteiger partial charge is 0.394 e. The van der Waals surface area contributed by atoms with Crippen molar-refractivity contribution in [3.8, 4) is 0 Å². The summed E-state index contributed by atoms with van der Waals surface area (Å²) in [4.78, 5) is 0. The van der Waals surface area contributed by atoms with E-state index < -0.39 is 8.56 Å². The highest BCUT2D eigenvalue weighted by atomic mass is 28.4. The molecule has 0 fully saturated rings. The molecule has 128 valence electrons. The van der Waals surface area contributed by atoms with E-state index in [1.165, 1.54) is 51.4 Å². The van der Waals surface area contributed by atoms with Crippen LogP contribution in [-0.4, -0.2) is 21.3 Å². The molecular formula is C18H40O2Si. The average molecular weight is 317 g/mol. The second-order valence-corrected chi connectivity index (χ2v) is 10.1. The maximum absolute atomic E-state index is 6.43. The van der Waals surface area contributed by atoms with Crippen molar-refractivity contribution in [2.75, 3.05) is 6.61 Å². The second-order valence-electron chi connectivity index (χ2n) is 6.30. The molecule has 0 heterocycles. The Bertz CT molecular complexity index is 217. The van der Waals surface area contributed by atoms with Gasteiger partial charge in [-0.2, -0.15) is 0 Å². The van der Waals surface area contributed by atoms with Gasteiger partial charge in [-0.1, -0.05) is 72.6 Å². The summed E-state index contributed by atoms with van der Waals surface area (Å²) in [5.74, 6) is 0. The summed E-state index contributed by atoms with van der Waals surface area (Å²) in [5.41, 5.74) is 0. The fraction of sp³-hybridized carbons (Fsp3) is 1.00. The van der Waals surface area contributed by atoms with Gasteiger partial charge in [-0.15, -0.1) is 0 Å². The van der Waals surface area contributed by atoms with E-state index >= 15 is 0 Å². The lowest BCUT2D eigenvalue weighted by Gasteiger charge is -2.32. The maximum atomic E-state index is 6.43. The monoisotopic (exact) mass is 316 g/mol. The highest BCUT2D eigenvalue weighted by Crippen LogP contribution is 2.23. The lowest BCUT2D eigenvalue weighted by Crippen LogP contribution is -2.43. The lowest BCUT2D eigenvalue weighted by atomic mass is 10.1. The van der Waals surface area contributed by atoms with E-state index in [0.29, 0.717) is 6.10 Å². The van der Waals surface area contributed by atoms with Gasteiger partial charge in [0, 0.05) is 12.7 Å². The molecule has 0 saturated heterocycles. The quantitative estimate of drug-likeness (QED) is 0.255. The normalized spacial score (nSPS) is 13.6. The smallest absolute Gasteiger partial charge is 0.337 e. The summed E-state index contributed by atoms with van der Waals surface area (Å²) in [5, 5.41) is 0. The van der Waals surface area contributed by atoms with Crippen LogP contribution in [0, 0.1) is 0 Å².